The van der Waals surface area contributed by atoms with Gasteiger partial charge in [-0.1, -0.05) is 65.3 Å². The third-order valence-electron chi connectivity index (χ3n) is 7.58. The number of hydrogen-bond donors (Lipinski definition) is 0. The van der Waals surface area contributed by atoms with E-state index in [4.69, 9.17) is 15.9 Å². The molecule has 1 heterocycles. The van der Waals surface area contributed by atoms with Crippen LogP contribution in [-0.2, 0) is 21.9 Å². The maximum absolute atomic E-state index is 14.0. The highest BCUT2D eigenvalue weighted by Crippen LogP contribution is 2.32. The van der Waals surface area contributed by atoms with E-state index in [0.29, 0.717) is 38.9 Å². The molecule has 1 aromatic heterocycles. The molecule has 46 heavy (non-hydrogen) atoms. The summed E-state index contributed by atoms with van der Waals surface area (Å²) in [6.45, 7) is 2.78. The van der Waals surface area contributed by atoms with Gasteiger partial charge < -0.3 is 4.57 Å². The fourth-order valence-corrected chi connectivity index (χ4v) is 6.91. The highest BCUT2D eigenvalue weighted by atomic mass is 35.5. The van der Waals surface area contributed by atoms with Gasteiger partial charge in [0.2, 0.25) is 5.78 Å². The van der Waals surface area contributed by atoms with Gasteiger partial charge in [-0.05, 0) is 79.7 Å². The first-order valence-corrected chi connectivity index (χ1v) is 17.2. The zero-order valence-electron chi connectivity index (χ0n) is 24.9. The molecule has 0 aliphatic heterocycles. The second-order valence-electron chi connectivity index (χ2n) is 10.4. The molecule has 0 spiro atoms. The van der Waals surface area contributed by atoms with Crippen LogP contribution in [0.3, 0.4) is 0 Å². The standard InChI is InChI=1S/C37H29ClN2O4S2/c1-2-40-34-19-13-26(36(41)25-9-5-3-6-10-25)23-31(34)32-24-27(14-20-35(32)40)37(42)33(21-22-45-29-17-15-28(38)16-18-29)39-44-46(43)30-11-7-4-8-12-30/h3-20,23-24H,2,21-22H2,1H3. The van der Waals surface area contributed by atoms with Crippen molar-refractivity contribution in [1.29, 1.82) is 0 Å². The Morgan fingerprint density at radius 2 is 1.39 bits per heavy atom. The topological polar surface area (TPSA) is 77.7 Å². The van der Waals surface area contributed by atoms with Gasteiger partial charge in [-0.25, -0.2) is 4.21 Å². The molecule has 1 atom stereocenters. The van der Waals surface area contributed by atoms with E-state index in [0.717, 1.165) is 26.7 Å². The van der Waals surface area contributed by atoms with Crippen molar-refractivity contribution in [3.05, 3.63) is 143 Å². The van der Waals surface area contributed by atoms with Crippen LogP contribution in [0.5, 0.6) is 0 Å². The molecule has 6 aromatic rings. The number of carbonyl (C=O) groups excluding carboxylic acids is 2. The molecule has 6 rings (SSSR count). The van der Waals surface area contributed by atoms with Gasteiger partial charge in [0.1, 0.15) is 5.71 Å². The van der Waals surface area contributed by atoms with Gasteiger partial charge in [-0.2, -0.15) is 0 Å². The smallest absolute Gasteiger partial charge is 0.265 e. The van der Waals surface area contributed by atoms with Gasteiger partial charge in [0, 0.05) is 67.1 Å². The molecule has 0 amide bonds. The van der Waals surface area contributed by atoms with Crippen LogP contribution in [0.25, 0.3) is 21.8 Å². The maximum atomic E-state index is 14.0. The van der Waals surface area contributed by atoms with Crippen LogP contribution in [0.4, 0.5) is 0 Å². The van der Waals surface area contributed by atoms with Crippen molar-refractivity contribution in [3.8, 4) is 0 Å². The van der Waals surface area contributed by atoms with Crippen LogP contribution < -0.4 is 0 Å². The van der Waals surface area contributed by atoms with Crippen molar-refractivity contribution in [2.24, 2.45) is 5.16 Å². The number of Topliss-reactive ketones (excluding diaryl/α,β-unsaturated/α-hetero) is 1. The number of ketones is 2. The van der Waals surface area contributed by atoms with E-state index < -0.39 is 11.1 Å². The lowest BCUT2D eigenvalue weighted by Crippen LogP contribution is -2.16. The maximum Gasteiger partial charge on any atom is 0.265 e. The summed E-state index contributed by atoms with van der Waals surface area (Å²) in [5, 5.41) is 6.52. The minimum Gasteiger partial charge on any atom is -0.341 e. The molecule has 5 aromatic carbocycles. The number of hydrogen-bond acceptors (Lipinski definition) is 6. The molecule has 0 saturated heterocycles. The van der Waals surface area contributed by atoms with Crippen molar-refractivity contribution in [1.82, 2.24) is 4.57 Å². The first-order chi connectivity index (χ1) is 22.4. The van der Waals surface area contributed by atoms with Crippen molar-refractivity contribution in [2.75, 3.05) is 5.75 Å². The molecule has 0 bridgehead atoms. The molecule has 1 unspecified atom stereocenters. The summed E-state index contributed by atoms with van der Waals surface area (Å²) in [5.74, 6) is 0.150. The minimum atomic E-state index is -1.88. The van der Waals surface area contributed by atoms with Crippen molar-refractivity contribution in [2.45, 2.75) is 29.7 Å². The fourth-order valence-electron chi connectivity index (χ4n) is 5.30. The summed E-state index contributed by atoms with van der Waals surface area (Å²) < 4.78 is 20.4. The van der Waals surface area contributed by atoms with Gasteiger partial charge in [0.25, 0.3) is 11.1 Å². The molecule has 0 aliphatic carbocycles. The lowest BCUT2D eigenvalue weighted by molar-refractivity contribution is 0.103. The highest BCUT2D eigenvalue weighted by Gasteiger charge is 2.20. The van der Waals surface area contributed by atoms with Crippen LogP contribution in [0.2, 0.25) is 5.02 Å². The third-order valence-corrected chi connectivity index (χ3v) is 9.71. The molecule has 0 aliphatic rings. The van der Waals surface area contributed by atoms with Gasteiger partial charge in [0.15, 0.2) is 5.78 Å². The number of rotatable bonds is 12. The quantitative estimate of drug-likeness (QED) is 0.0564. The summed E-state index contributed by atoms with van der Waals surface area (Å²) >= 11 is 5.71. The summed E-state index contributed by atoms with van der Waals surface area (Å²) in [6, 6.07) is 36.6. The molecule has 6 nitrogen and oxygen atoms in total. The predicted octanol–water partition coefficient (Wildman–Crippen LogP) is 9.16. The number of thioether (sulfide) groups is 1. The lowest BCUT2D eigenvalue weighted by Gasteiger charge is -2.08. The number of oxime groups is 1. The fraction of sp³-hybridized carbons (Fsp3) is 0.108. The number of aryl methyl sites for hydroxylation is 1. The monoisotopic (exact) mass is 664 g/mol. The Labute approximate surface area is 278 Å². The van der Waals surface area contributed by atoms with Gasteiger partial charge >= 0.3 is 0 Å². The molecular formula is C37H29ClN2O4S2. The second kappa shape index (κ2) is 14.3. The van der Waals surface area contributed by atoms with Crippen LogP contribution >= 0.6 is 23.4 Å². The molecule has 230 valence electrons. The highest BCUT2D eigenvalue weighted by molar-refractivity contribution is 7.99. The van der Waals surface area contributed by atoms with E-state index in [9.17, 15) is 13.8 Å². The summed E-state index contributed by atoms with van der Waals surface area (Å²) in [7, 11) is 0. The molecular weight excluding hydrogens is 636 g/mol. The van der Waals surface area contributed by atoms with E-state index in [2.05, 4.69) is 16.6 Å². The van der Waals surface area contributed by atoms with Gasteiger partial charge in [-0.15, -0.1) is 11.8 Å². The summed E-state index contributed by atoms with van der Waals surface area (Å²) in [5.41, 5.74) is 3.69. The van der Waals surface area contributed by atoms with Crippen molar-refractivity contribution >= 4 is 73.5 Å². The lowest BCUT2D eigenvalue weighted by atomic mass is 9.99. The Hall–Kier alpha value is -4.50. The van der Waals surface area contributed by atoms with Crippen molar-refractivity contribution < 1.29 is 18.1 Å². The normalized spacial score (nSPS) is 12.3. The van der Waals surface area contributed by atoms with E-state index >= 15 is 0 Å². The third kappa shape index (κ3) is 6.84. The number of fused-ring (bicyclic) bond motifs is 3. The number of nitrogens with zero attached hydrogens (tertiary/aromatic N) is 2. The van der Waals surface area contributed by atoms with Gasteiger partial charge in [-0.3, -0.25) is 13.9 Å². The SMILES string of the molecule is CCn1c2ccc(C(=O)C(CCSc3ccc(Cl)cc3)=NOS(=O)c3ccccc3)cc2c2cc(C(=O)c3ccccc3)ccc21. The predicted molar refractivity (Wildman–Crippen MR) is 187 cm³/mol. The number of halogens is 1. The molecule has 0 N–H and O–H groups in total. The van der Waals surface area contributed by atoms with Gasteiger partial charge in [0.05, 0.1) is 4.90 Å². The average Bonchev–Trinajstić information content (AvgIpc) is 3.42. The van der Waals surface area contributed by atoms with Crippen LogP contribution in [0.1, 0.15) is 39.6 Å². The Kier molecular flexibility index (Phi) is 9.78. The Bertz CT molecular complexity index is 2090. The van der Waals surface area contributed by atoms with E-state index in [1.54, 1.807) is 54.2 Å². The number of aromatic nitrogens is 1. The Morgan fingerprint density at radius 3 is 2.04 bits per heavy atom. The zero-order chi connectivity index (χ0) is 32.0. The zero-order valence-corrected chi connectivity index (χ0v) is 27.3. The van der Waals surface area contributed by atoms with E-state index in [1.165, 1.54) is 0 Å². The first-order valence-electron chi connectivity index (χ1n) is 14.7. The second-order valence-corrected chi connectivity index (χ2v) is 13.1. The molecule has 9 heteroatoms. The Morgan fingerprint density at radius 1 is 0.783 bits per heavy atom. The summed E-state index contributed by atoms with van der Waals surface area (Å²) in [4.78, 5) is 28.7. The molecule has 0 saturated carbocycles. The molecule has 0 fully saturated rings. The van der Waals surface area contributed by atoms with Crippen LogP contribution in [-0.4, -0.2) is 31.8 Å². The average molecular weight is 665 g/mol. The largest absolute Gasteiger partial charge is 0.341 e. The number of benzene rings is 5. The first kappa shape index (κ1) is 31.5. The van der Waals surface area contributed by atoms with Crippen LogP contribution in [0.15, 0.2) is 136 Å². The molecule has 0 radical (unpaired) electrons. The number of carbonyl (C=O) groups is 2. The Balaban J connectivity index is 1.34. The van der Waals surface area contributed by atoms with E-state index in [-0.39, 0.29) is 23.7 Å². The summed E-state index contributed by atoms with van der Waals surface area (Å²) in [6.07, 6.45) is 0.280. The van der Waals surface area contributed by atoms with E-state index in [1.807, 2.05) is 78.9 Å². The van der Waals surface area contributed by atoms with Crippen molar-refractivity contribution in [3.63, 3.8) is 0 Å². The van der Waals surface area contributed by atoms with Crippen LogP contribution in [0, 0.1) is 0 Å². The minimum absolute atomic E-state index is 0.0664.